The van der Waals surface area contributed by atoms with Crippen molar-refractivity contribution in [2.75, 3.05) is 25.3 Å². The number of esters is 2. The Balaban J connectivity index is 2.12. The third-order valence-electron chi connectivity index (χ3n) is 2.89. The summed E-state index contributed by atoms with van der Waals surface area (Å²) in [5.74, 6) is -1.25. The molecule has 0 saturated carbocycles. The lowest BCUT2D eigenvalue weighted by Gasteiger charge is -2.09. The number of methoxy groups -OCH3 is 2. The summed E-state index contributed by atoms with van der Waals surface area (Å²) in [5, 5.41) is 10.3. The van der Waals surface area contributed by atoms with Crippen molar-refractivity contribution in [3.63, 3.8) is 0 Å². The molecule has 1 N–H and O–H groups in total. The average Bonchev–Trinajstić information content (AvgIpc) is 3.03. The molecule has 0 aliphatic rings. The lowest BCUT2D eigenvalue weighted by molar-refractivity contribution is -0.113. The zero-order chi connectivity index (χ0) is 18.4. The molecular weight excluding hydrogens is 350 g/mol. The Bertz CT molecular complexity index is 770. The largest absolute Gasteiger partial charge is 0.465 e. The van der Waals surface area contributed by atoms with Gasteiger partial charge in [0, 0.05) is 12.6 Å². The van der Waals surface area contributed by atoms with Gasteiger partial charge in [0.1, 0.15) is 0 Å². The van der Waals surface area contributed by atoms with E-state index in [4.69, 9.17) is 4.42 Å². The van der Waals surface area contributed by atoms with Gasteiger partial charge in [0.25, 0.3) is 5.22 Å². The van der Waals surface area contributed by atoms with Crippen molar-refractivity contribution in [3.8, 4) is 0 Å². The van der Waals surface area contributed by atoms with Gasteiger partial charge in [0.15, 0.2) is 0 Å². The smallest absolute Gasteiger partial charge is 0.337 e. The Morgan fingerprint density at radius 2 is 1.68 bits per heavy atom. The standard InChI is InChI=1S/C15H15N3O6S/c1-8-17-18-15(24-8)25-7-12(19)16-11-5-9(13(20)22-2)4-10(6-11)14(21)23-3/h4-6H,7H2,1-3H3,(H,16,19). The van der Waals surface area contributed by atoms with Crippen molar-refractivity contribution >= 4 is 35.3 Å². The maximum atomic E-state index is 12.0. The van der Waals surface area contributed by atoms with Crippen LogP contribution in [0.4, 0.5) is 5.69 Å². The Labute approximate surface area is 147 Å². The number of benzene rings is 1. The molecule has 0 spiro atoms. The molecule has 2 rings (SSSR count). The summed E-state index contributed by atoms with van der Waals surface area (Å²) in [6.45, 7) is 1.64. The van der Waals surface area contributed by atoms with Gasteiger partial charge in [-0.3, -0.25) is 4.79 Å². The maximum absolute atomic E-state index is 12.0. The highest BCUT2D eigenvalue weighted by molar-refractivity contribution is 7.99. The first-order valence-electron chi connectivity index (χ1n) is 6.97. The average molecular weight is 365 g/mol. The minimum Gasteiger partial charge on any atom is -0.465 e. The maximum Gasteiger partial charge on any atom is 0.337 e. The van der Waals surface area contributed by atoms with Crippen LogP contribution in [-0.4, -0.2) is 48.0 Å². The van der Waals surface area contributed by atoms with Crippen molar-refractivity contribution in [2.45, 2.75) is 12.1 Å². The minimum absolute atomic E-state index is 0.0116. The zero-order valence-electron chi connectivity index (χ0n) is 13.7. The Hall–Kier alpha value is -2.88. The lowest BCUT2D eigenvalue weighted by Crippen LogP contribution is -2.16. The molecule has 0 bridgehead atoms. The number of amides is 1. The van der Waals surface area contributed by atoms with Gasteiger partial charge in [-0.1, -0.05) is 11.8 Å². The summed E-state index contributed by atoms with van der Waals surface area (Å²) >= 11 is 1.06. The fourth-order valence-electron chi connectivity index (χ4n) is 1.83. The first-order valence-corrected chi connectivity index (χ1v) is 7.96. The summed E-state index contributed by atoms with van der Waals surface area (Å²) < 4.78 is 14.4. The summed E-state index contributed by atoms with van der Waals surface area (Å²) in [6.07, 6.45) is 0. The normalized spacial score (nSPS) is 10.2. The SMILES string of the molecule is COC(=O)c1cc(NC(=O)CSc2nnc(C)o2)cc(C(=O)OC)c1. The highest BCUT2D eigenvalue weighted by Crippen LogP contribution is 2.19. The second kappa shape index (κ2) is 8.29. The van der Waals surface area contributed by atoms with Crippen LogP contribution < -0.4 is 5.32 Å². The number of ether oxygens (including phenoxy) is 2. The van der Waals surface area contributed by atoms with Crippen LogP contribution in [0.3, 0.4) is 0 Å². The van der Waals surface area contributed by atoms with E-state index in [2.05, 4.69) is 25.0 Å². The van der Waals surface area contributed by atoms with Gasteiger partial charge in [0.2, 0.25) is 11.8 Å². The second-order valence-corrected chi connectivity index (χ2v) is 5.63. The molecule has 2 aromatic rings. The van der Waals surface area contributed by atoms with E-state index in [1.165, 1.54) is 32.4 Å². The summed E-state index contributed by atoms with van der Waals surface area (Å²) in [7, 11) is 2.43. The summed E-state index contributed by atoms with van der Waals surface area (Å²) in [6, 6.07) is 4.12. The van der Waals surface area contributed by atoms with Gasteiger partial charge in [-0.2, -0.15) is 0 Å². The number of carbonyl (C=O) groups is 3. The Morgan fingerprint density at radius 3 is 2.16 bits per heavy atom. The number of hydrogen-bond donors (Lipinski definition) is 1. The van der Waals surface area contributed by atoms with E-state index < -0.39 is 11.9 Å². The Kier molecular flexibility index (Phi) is 6.12. The van der Waals surface area contributed by atoms with E-state index in [0.29, 0.717) is 5.89 Å². The number of rotatable bonds is 6. The Morgan fingerprint density at radius 1 is 1.08 bits per heavy atom. The minimum atomic E-state index is -0.642. The van der Waals surface area contributed by atoms with Gasteiger partial charge in [-0.15, -0.1) is 10.2 Å². The summed E-state index contributed by atoms with van der Waals surface area (Å²) in [5.41, 5.74) is 0.484. The molecule has 1 aromatic heterocycles. The molecule has 9 nitrogen and oxygen atoms in total. The van der Waals surface area contributed by atoms with Gasteiger partial charge in [0.05, 0.1) is 31.1 Å². The van der Waals surface area contributed by atoms with Crippen LogP contribution in [-0.2, 0) is 14.3 Å². The van der Waals surface area contributed by atoms with Gasteiger partial charge < -0.3 is 19.2 Å². The highest BCUT2D eigenvalue weighted by atomic mass is 32.2. The van der Waals surface area contributed by atoms with Crippen molar-refractivity contribution in [2.24, 2.45) is 0 Å². The fourth-order valence-corrected chi connectivity index (χ4v) is 2.44. The number of nitrogens with one attached hydrogen (secondary N) is 1. The van der Waals surface area contributed by atoms with E-state index in [0.717, 1.165) is 11.8 Å². The lowest BCUT2D eigenvalue weighted by atomic mass is 10.1. The monoisotopic (exact) mass is 365 g/mol. The molecule has 1 heterocycles. The molecule has 1 aromatic carbocycles. The van der Waals surface area contributed by atoms with Crippen LogP contribution >= 0.6 is 11.8 Å². The molecule has 1 amide bonds. The van der Waals surface area contributed by atoms with E-state index in [1.807, 2.05) is 0 Å². The molecule has 0 fully saturated rings. The summed E-state index contributed by atoms with van der Waals surface area (Å²) in [4.78, 5) is 35.5. The number of nitrogens with zero attached hydrogens (tertiary/aromatic N) is 2. The van der Waals surface area contributed by atoms with Crippen molar-refractivity contribution in [3.05, 3.63) is 35.2 Å². The van der Waals surface area contributed by atoms with Crippen molar-refractivity contribution in [1.29, 1.82) is 0 Å². The van der Waals surface area contributed by atoms with Crippen LogP contribution in [0.25, 0.3) is 0 Å². The first-order chi connectivity index (χ1) is 11.9. The molecule has 0 atom stereocenters. The van der Waals surface area contributed by atoms with Crippen LogP contribution in [0.15, 0.2) is 27.8 Å². The van der Waals surface area contributed by atoms with E-state index in [-0.39, 0.29) is 33.7 Å². The third-order valence-corrected chi connectivity index (χ3v) is 3.71. The second-order valence-electron chi connectivity index (χ2n) is 4.71. The third kappa shape index (κ3) is 5.05. The molecular formula is C15H15N3O6S. The molecule has 0 saturated heterocycles. The van der Waals surface area contributed by atoms with Crippen molar-refractivity contribution in [1.82, 2.24) is 10.2 Å². The van der Waals surface area contributed by atoms with Crippen molar-refractivity contribution < 1.29 is 28.3 Å². The van der Waals surface area contributed by atoms with Gasteiger partial charge in [-0.05, 0) is 18.2 Å². The zero-order valence-corrected chi connectivity index (χ0v) is 14.5. The topological polar surface area (TPSA) is 121 Å². The first kappa shape index (κ1) is 18.5. The number of anilines is 1. The predicted molar refractivity (Wildman–Crippen MR) is 87.5 cm³/mol. The van der Waals surface area contributed by atoms with Crippen LogP contribution in [0.1, 0.15) is 26.6 Å². The van der Waals surface area contributed by atoms with E-state index >= 15 is 0 Å². The number of carbonyl (C=O) groups excluding carboxylic acids is 3. The molecule has 0 aliphatic heterocycles. The molecule has 0 radical (unpaired) electrons. The quantitative estimate of drug-likeness (QED) is 0.602. The van der Waals surface area contributed by atoms with Crippen LogP contribution in [0.5, 0.6) is 0 Å². The molecule has 132 valence electrons. The van der Waals surface area contributed by atoms with E-state index in [1.54, 1.807) is 6.92 Å². The molecule has 0 unspecified atom stereocenters. The van der Waals surface area contributed by atoms with Gasteiger partial charge in [-0.25, -0.2) is 9.59 Å². The number of aromatic nitrogens is 2. The number of aryl methyl sites for hydroxylation is 1. The van der Waals surface area contributed by atoms with Gasteiger partial charge >= 0.3 is 11.9 Å². The number of hydrogen-bond acceptors (Lipinski definition) is 9. The fraction of sp³-hybridized carbons (Fsp3) is 0.267. The predicted octanol–water partition coefficient (Wildman–Crippen LogP) is 1.68. The van der Waals surface area contributed by atoms with Crippen LogP contribution in [0, 0.1) is 6.92 Å². The van der Waals surface area contributed by atoms with Crippen LogP contribution in [0.2, 0.25) is 0 Å². The molecule has 10 heteroatoms. The van der Waals surface area contributed by atoms with E-state index in [9.17, 15) is 14.4 Å². The number of thioether (sulfide) groups is 1. The highest BCUT2D eigenvalue weighted by Gasteiger charge is 2.15. The molecule has 25 heavy (non-hydrogen) atoms. The molecule has 0 aliphatic carbocycles.